The fourth-order valence-corrected chi connectivity index (χ4v) is 0.877. The van der Waals surface area contributed by atoms with Gasteiger partial charge in [-0.1, -0.05) is 12.0 Å². The molecule has 0 saturated heterocycles. The molecule has 0 atom stereocenters. The number of hydrogen-bond acceptors (Lipinski definition) is 3. The minimum Gasteiger partial charge on any atom is -0.456 e. The van der Waals surface area contributed by atoms with Crippen molar-refractivity contribution in [3.05, 3.63) is 30.1 Å². The molecule has 14 heavy (non-hydrogen) atoms. The first kappa shape index (κ1) is 10.3. The molecule has 0 radical (unpaired) electrons. The molecule has 0 unspecified atom stereocenters. The molecule has 72 valence electrons. The monoisotopic (exact) mass is 189 g/mol. The second-order valence-electron chi connectivity index (χ2n) is 2.52. The molecule has 3 heteroatoms. The summed E-state index contributed by atoms with van der Waals surface area (Å²) in [6.45, 7) is 2.11. The van der Waals surface area contributed by atoms with Crippen LogP contribution in [0.5, 0.6) is 0 Å². The molecule has 0 aliphatic rings. The highest BCUT2D eigenvalue weighted by Crippen LogP contribution is 1.92. The van der Waals surface area contributed by atoms with Crippen molar-refractivity contribution in [2.24, 2.45) is 0 Å². The highest BCUT2D eigenvalue weighted by atomic mass is 16.5. The van der Waals surface area contributed by atoms with Crippen LogP contribution in [0.15, 0.2) is 24.4 Å². The molecule has 1 rings (SSSR count). The first-order valence-electron chi connectivity index (χ1n) is 4.38. The number of rotatable bonds is 2. The maximum atomic E-state index is 10.8. The zero-order valence-electron chi connectivity index (χ0n) is 7.99. The average molecular weight is 189 g/mol. The normalized spacial score (nSPS) is 8.64. The van der Waals surface area contributed by atoms with E-state index in [1.165, 1.54) is 0 Å². The van der Waals surface area contributed by atoms with E-state index in [9.17, 15) is 4.79 Å². The van der Waals surface area contributed by atoms with Gasteiger partial charge in [0.2, 0.25) is 0 Å². The molecule has 0 spiro atoms. The zero-order chi connectivity index (χ0) is 10.2. The number of carbonyl (C=O) groups excluding carboxylic acids is 1. The molecule has 0 bridgehead atoms. The number of carbonyl (C=O) groups is 1. The predicted octanol–water partition coefficient (Wildman–Crippen LogP) is 1.19. The van der Waals surface area contributed by atoms with Gasteiger partial charge in [0.05, 0.1) is 18.7 Å². The Balaban J connectivity index is 2.44. The molecule has 0 fully saturated rings. The standard InChI is InChI=1S/C11H11NO2/c1-2-14-11(13)8-5-7-10-6-3-4-9-12-10/h3-4,6,9H,2,7H2,1H3. The van der Waals surface area contributed by atoms with E-state index in [0.29, 0.717) is 13.0 Å². The van der Waals surface area contributed by atoms with Crippen LogP contribution in [-0.4, -0.2) is 17.6 Å². The highest BCUT2D eigenvalue weighted by Gasteiger charge is 1.92. The van der Waals surface area contributed by atoms with Crippen LogP contribution in [0.25, 0.3) is 0 Å². The molecule has 1 aromatic rings. The molecule has 0 aromatic carbocycles. The Labute approximate surface area is 83.1 Å². The predicted molar refractivity (Wildman–Crippen MR) is 52.4 cm³/mol. The van der Waals surface area contributed by atoms with Gasteiger partial charge in [0.15, 0.2) is 0 Å². The molecule has 0 N–H and O–H groups in total. The lowest BCUT2D eigenvalue weighted by Crippen LogP contribution is -1.99. The van der Waals surface area contributed by atoms with Gasteiger partial charge in [0, 0.05) is 12.1 Å². The van der Waals surface area contributed by atoms with E-state index in [2.05, 4.69) is 21.6 Å². The highest BCUT2D eigenvalue weighted by molar-refractivity contribution is 5.88. The number of nitrogens with zero attached hydrogens (tertiary/aromatic N) is 1. The van der Waals surface area contributed by atoms with Crippen molar-refractivity contribution in [3.63, 3.8) is 0 Å². The summed E-state index contributed by atoms with van der Waals surface area (Å²) in [5.41, 5.74) is 0.851. The maximum Gasteiger partial charge on any atom is 0.384 e. The van der Waals surface area contributed by atoms with E-state index >= 15 is 0 Å². The van der Waals surface area contributed by atoms with E-state index in [1.807, 2.05) is 18.2 Å². The largest absolute Gasteiger partial charge is 0.456 e. The number of pyridine rings is 1. The van der Waals surface area contributed by atoms with Gasteiger partial charge in [0.25, 0.3) is 0 Å². The molecule has 3 nitrogen and oxygen atoms in total. The van der Waals surface area contributed by atoms with Crippen molar-refractivity contribution in [3.8, 4) is 11.8 Å². The van der Waals surface area contributed by atoms with Crippen LogP contribution in [0.1, 0.15) is 12.6 Å². The molecule has 0 aliphatic heterocycles. The molecule has 1 heterocycles. The third kappa shape index (κ3) is 3.72. The third-order valence-corrected chi connectivity index (χ3v) is 1.46. The minimum atomic E-state index is -0.483. The molecular formula is C11H11NO2. The topological polar surface area (TPSA) is 39.2 Å². The van der Waals surface area contributed by atoms with Crippen molar-refractivity contribution in [1.82, 2.24) is 4.98 Å². The summed E-state index contributed by atoms with van der Waals surface area (Å²) < 4.78 is 4.65. The summed E-state index contributed by atoms with van der Waals surface area (Å²) in [4.78, 5) is 14.9. The first-order chi connectivity index (χ1) is 6.83. The van der Waals surface area contributed by atoms with Crippen LogP contribution in [-0.2, 0) is 16.0 Å². The van der Waals surface area contributed by atoms with Crippen molar-refractivity contribution < 1.29 is 9.53 Å². The van der Waals surface area contributed by atoms with Crippen molar-refractivity contribution in [1.29, 1.82) is 0 Å². The second kappa shape index (κ2) is 5.76. The SMILES string of the molecule is CCOC(=O)C#CCc1ccccn1. The number of hydrogen-bond donors (Lipinski definition) is 0. The van der Waals surface area contributed by atoms with Crippen molar-refractivity contribution in [2.75, 3.05) is 6.61 Å². The van der Waals surface area contributed by atoms with Crippen LogP contribution >= 0.6 is 0 Å². The summed E-state index contributed by atoms with van der Waals surface area (Å²) in [7, 11) is 0. The number of ether oxygens (including phenoxy) is 1. The van der Waals surface area contributed by atoms with E-state index in [1.54, 1.807) is 13.1 Å². The van der Waals surface area contributed by atoms with Gasteiger partial charge in [-0.05, 0) is 19.1 Å². The molecule has 0 aliphatic carbocycles. The summed E-state index contributed by atoms with van der Waals surface area (Å²) >= 11 is 0. The van der Waals surface area contributed by atoms with Gasteiger partial charge in [-0.15, -0.1) is 0 Å². The smallest absolute Gasteiger partial charge is 0.384 e. The van der Waals surface area contributed by atoms with Gasteiger partial charge in [0.1, 0.15) is 0 Å². The minimum absolute atomic E-state index is 0.358. The van der Waals surface area contributed by atoms with Crippen LogP contribution in [0.4, 0.5) is 0 Å². The average Bonchev–Trinajstić information content (AvgIpc) is 2.20. The van der Waals surface area contributed by atoms with E-state index in [0.717, 1.165) is 5.69 Å². The summed E-state index contributed by atoms with van der Waals surface area (Å²) in [5.74, 6) is 4.60. The van der Waals surface area contributed by atoms with Gasteiger partial charge < -0.3 is 4.74 Å². The van der Waals surface area contributed by atoms with Crippen LogP contribution in [0.3, 0.4) is 0 Å². The Morgan fingerprint density at radius 3 is 3.07 bits per heavy atom. The lowest BCUT2D eigenvalue weighted by molar-refractivity contribution is -0.136. The Hall–Kier alpha value is -1.82. The molecule has 0 amide bonds. The Morgan fingerprint density at radius 1 is 1.57 bits per heavy atom. The van der Waals surface area contributed by atoms with Crippen LogP contribution in [0, 0.1) is 11.8 Å². The molecule has 1 aromatic heterocycles. The van der Waals surface area contributed by atoms with Gasteiger partial charge >= 0.3 is 5.97 Å². The summed E-state index contributed by atoms with van der Waals surface area (Å²) in [5, 5.41) is 0. The van der Waals surface area contributed by atoms with E-state index < -0.39 is 5.97 Å². The van der Waals surface area contributed by atoms with E-state index in [4.69, 9.17) is 0 Å². The Kier molecular flexibility index (Phi) is 4.22. The third-order valence-electron chi connectivity index (χ3n) is 1.46. The van der Waals surface area contributed by atoms with Crippen LogP contribution in [0.2, 0.25) is 0 Å². The lowest BCUT2D eigenvalue weighted by atomic mass is 10.3. The van der Waals surface area contributed by atoms with Crippen LogP contribution < -0.4 is 0 Å². The van der Waals surface area contributed by atoms with Gasteiger partial charge in [-0.25, -0.2) is 4.79 Å². The zero-order valence-corrected chi connectivity index (χ0v) is 7.99. The van der Waals surface area contributed by atoms with E-state index in [-0.39, 0.29) is 0 Å². The van der Waals surface area contributed by atoms with Crippen molar-refractivity contribution >= 4 is 5.97 Å². The quantitative estimate of drug-likeness (QED) is 0.398. The number of aromatic nitrogens is 1. The first-order valence-corrected chi connectivity index (χ1v) is 4.38. The van der Waals surface area contributed by atoms with Crippen molar-refractivity contribution in [2.45, 2.75) is 13.3 Å². The number of esters is 1. The summed E-state index contributed by atoms with van der Waals surface area (Å²) in [6.07, 6.45) is 2.17. The summed E-state index contributed by atoms with van der Waals surface area (Å²) in [6, 6.07) is 5.58. The van der Waals surface area contributed by atoms with Gasteiger partial charge in [-0.2, -0.15) is 0 Å². The van der Waals surface area contributed by atoms with Gasteiger partial charge in [-0.3, -0.25) is 4.98 Å². The fraction of sp³-hybridized carbons (Fsp3) is 0.273. The Bertz CT molecular complexity index is 349. The maximum absolute atomic E-state index is 10.8. The Morgan fingerprint density at radius 2 is 2.43 bits per heavy atom. The second-order valence-corrected chi connectivity index (χ2v) is 2.52. The fourth-order valence-electron chi connectivity index (χ4n) is 0.877. The lowest BCUT2D eigenvalue weighted by Gasteiger charge is -1.92. The molecule has 0 saturated carbocycles. The molecular weight excluding hydrogens is 178 g/mol.